The maximum atomic E-state index is 13.5. The lowest BCUT2D eigenvalue weighted by molar-refractivity contribution is -0.163. The van der Waals surface area contributed by atoms with Crippen molar-refractivity contribution in [3.63, 3.8) is 0 Å². The van der Waals surface area contributed by atoms with E-state index in [2.05, 4.69) is 10.3 Å². The molecular formula is C18H16F3N3O5. The molecule has 0 bridgehead atoms. The third-order valence-electron chi connectivity index (χ3n) is 4.08. The first-order chi connectivity index (χ1) is 13.8. The van der Waals surface area contributed by atoms with Crippen molar-refractivity contribution in [1.82, 2.24) is 15.0 Å². The molecule has 2 aromatic rings. The van der Waals surface area contributed by atoms with E-state index in [9.17, 15) is 22.8 Å². The Morgan fingerprint density at radius 3 is 2.48 bits per heavy atom. The molecule has 1 aromatic carbocycles. The molecule has 154 valence electrons. The molecule has 3 atom stereocenters. The third kappa shape index (κ3) is 4.55. The smallest absolute Gasteiger partial charge is 0.303 e. The highest BCUT2D eigenvalue weighted by Crippen LogP contribution is 2.28. The van der Waals surface area contributed by atoms with Crippen molar-refractivity contribution >= 4 is 11.9 Å². The topological polar surface area (TPSA) is 92.5 Å². The first-order valence-electron chi connectivity index (χ1n) is 8.45. The highest BCUT2D eigenvalue weighted by atomic mass is 19.2. The standard InChI is InChI=1S/C18H16F3N3O5/c1-9(25)28-8-16-18(29-10(2)26)15(3-4-27-16)24-7-14(22-23-24)11-5-12(19)17(21)13(20)6-11/h3-7,15-16,18H,8H2,1-2H3/t15-,16-,18-/m1/s1. The van der Waals surface area contributed by atoms with Crippen molar-refractivity contribution in [3.05, 3.63) is 48.1 Å². The summed E-state index contributed by atoms with van der Waals surface area (Å²) < 4.78 is 57.1. The van der Waals surface area contributed by atoms with Gasteiger partial charge in [0.05, 0.1) is 12.5 Å². The number of esters is 2. The van der Waals surface area contributed by atoms with Crippen LogP contribution in [0.4, 0.5) is 13.2 Å². The van der Waals surface area contributed by atoms with Crippen LogP contribution in [-0.2, 0) is 23.8 Å². The lowest BCUT2D eigenvalue weighted by Crippen LogP contribution is -2.44. The van der Waals surface area contributed by atoms with E-state index in [1.165, 1.54) is 37.1 Å². The summed E-state index contributed by atoms with van der Waals surface area (Å²) >= 11 is 0. The second-order valence-corrected chi connectivity index (χ2v) is 6.21. The number of hydrogen-bond acceptors (Lipinski definition) is 7. The van der Waals surface area contributed by atoms with E-state index in [1.54, 1.807) is 0 Å². The predicted octanol–water partition coefficient (Wildman–Crippen LogP) is 2.31. The number of ether oxygens (including phenoxy) is 3. The van der Waals surface area contributed by atoms with Crippen LogP contribution in [0.3, 0.4) is 0 Å². The molecule has 3 rings (SSSR count). The lowest BCUT2D eigenvalue weighted by atomic mass is 10.0. The van der Waals surface area contributed by atoms with Gasteiger partial charge in [0.2, 0.25) is 0 Å². The van der Waals surface area contributed by atoms with Crippen LogP contribution in [0.25, 0.3) is 11.3 Å². The average molecular weight is 411 g/mol. The van der Waals surface area contributed by atoms with Crippen LogP contribution in [0.2, 0.25) is 0 Å². The molecule has 0 unspecified atom stereocenters. The molecule has 0 N–H and O–H groups in total. The summed E-state index contributed by atoms with van der Waals surface area (Å²) in [5.74, 6) is -5.45. The second kappa shape index (κ2) is 8.33. The van der Waals surface area contributed by atoms with Gasteiger partial charge in [-0.05, 0) is 18.2 Å². The zero-order valence-corrected chi connectivity index (χ0v) is 15.3. The fraction of sp³-hybridized carbons (Fsp3) is 0.333. The molecule has 0 aliphatic carbocycles. The Morgan fingerprint density at radius 1 is 1.17 bits per heavy atom. The summed E-state index contributed by atoms with van der Waals surface area (Å²) in [5.41, 5.74) is 0.0463. The van der Waals surface area contributed by atoms with E-state index >= 15 is 0 Å². The van der Waals surface area contributed by atoms with Gasteiger partial charge in [0.25, 0.3) is 0 Å². The Morgan fingerprint density at radius 2 is 1.86 bits per heavy atom. The predicted molar refractivity (Wildman–Crippen MR) is 90.6 cm³/mol. The van der Waals surface area contributed by atoms with Gasteiger partial charge in [-0.15, -0.1) is 5.10 Å². The van der Waals surface area contributed by atoms with E-state index in [-0.39, 0.29) is 17.9 Å². The number of hydrogen-bond donors (Lipinski definition) is 0. The molecule has 2 heterocycles. The zero-order valence-electron chi connectivity index (χ0n) is 15.3. The van der Waals surface area contributed by atoms with Crippen molar-refractivity contribution in [2.45, 2.75) is 32.1 Å². The molecule has 1 aromatic heterocycles. The molecule has 0 amide bonds. The molecule has 0 saturated carbocycles. The lowest BCUT2D eigenvalue weighted by Gasteiger charge is -2.33. The Hall–Kier alpha value is -3.37. The highest BCUT2D eigenvalue weighted by molar-refractivity contribution is 5.66. The molecule has 11 heteroatoms. The molecule has 0 fully saturated rings. The van der Waals surface area contributed by atoms with Crippen molar-refractivity contribution in [2.75, 3.05) is 6.61 Å². The quantitative estimate of drug-likeness (QED) is 0.551. The summed E-state index contributed by atoms with van der Waals surface area (Å²) in [6, 6.07) is 0.879. The van der Waals surface area contributed by atoms with E-state index in [0.717, 1.165) is 12.1 Å². The number of carbonyl (C=O) groups excluding carboxylic acids is 2. The first kappa shape index (κ1) is 20.4. The van der Waals surface area contributed by atoms with Crippen LogP contribution >= 0.6 is 0 Å². The van der Waals surface area contributed by atoms with Crippen molar-refractivity contribution in [2.24, 2.45) is 0 Å². The fourth-order valence-electron chi connectivity index (χ4n) is 2.80. The van der Waals surface area contributed by atoms with E-state index < -0.39 is 47.6 Å². The third-order valence-corrected chi connectivity index (χ3v) is 4.08. The number of rotatable bonds is 5. The summed E-state index contributed by atoms with van der Waals surface area (Å²) in [7, 11) is 0. The van der Waals surface area contributed by atoms with Gasteiger partial charge in [0.1, 0.15) is 18.3 Å². The molecule has 8 nitrogen and oxygen atoms in total. The summed E-state index contributed by atoms with van der Waals surface area (Å²) in [4.78, 5) is 22.6. The van der Waals surface area contributed by atoms with E-state index in [4.69, 9.17) is 14.2 Å². The largest absolute Gasteiger partial charge is 0.491 e. The van der Waals surface area contributed by atoms with Crippen LogP contribution in [0.5, 0.6) is 0 Å². The molecule has 1 aliphatic heterocycles. The van der Waals surface area contributed by atoms with E-state index in [1.807, 2.05) is 0 Å². The van der Waals surface area contributed by atoms with Crippen molar-refractivity contribution < 1.29 is 37.0 Å². The summed E-state index contributed by atoms with van der Waals surface area (Å²) in [5, 5.41) is 7.75. The van der Waals surface area contributed by atoms with Gasteiger partial charge in [0, 0.05) is 19.4 Å². The number of aromatic nitrogens is 3. The number of benzene rings is 1. The number of carbonyl (C=O) groups is 2. The van der Waals surface area contributed by atoms with Crippen molar-refractivity contribution in [1.29, 1.82) is 0 Å². The van der Waals surface area contributed by atoms with Gasteiger partial charge < -0.3 is 14.2 Å². The van der Waals surface area contributed by atoms with Crippen molar-refractivity contribution in [3.8, 4) is 11.3 Å². The molecule has 0 spiro atoms. The Balaban J connectivity index is 1.90. The minimum absolute atomic E-state index is 0.0239. The summed E-state index contributed by atoms with van der Waals surface area (Å²) in [6.45, 7) is 2.25. The van der Waals surface area contributed by atoms with Gasteiger partial charge >= 0.3 is 11.9 Å². The molecular weight excluding hydrogens is 395 g/mol. The number of nitrogens with zero attached hydrogens (tertiary/aromatic N) is 3. The van der Waals surface area contributed by atoms with Crippen LogP contribution < -0.4 is 0 Å². The second-order valence-electron chi connectivity index (χ2n) is 6.21. The maximum absolute atomic E-state index is 13.5. The Bertz CT molecular complexity index is 939. The van der Waals surface area contributed by atoms with Gasteiger partial charge in [-0.2, -0.15) is 0 Å². The van der Waals surface area contributed by atoms with Crippen LogP contribution in [0, 0.1) is 17.5 Å². The summed E-state index contributed by atoms with van der Waals surface area (Å²) in [6.07, 6.45) is 2.48. The Kier molecular flexibility index (Phi) is 5.85. The van der Waals surface area contributed by atoms with Gasteiger partial charge in [0.15, 0.2) is 29.7 Å². The Labute approximate surface area is 162 Å². The maximum Gasteiger partial charge on any atom is 0.303 e. The average Bonchev–Trinajstić information content (AvgIpc) is 3.14. The normalized spacial score (nSPS) is 20.8. The first-order valence-corrected chi connectivity index (χ1v) is 8.45. The fourth-order valence-corrected chi connectivity index (χ4v) is 2.80. The SMILES string of the molecule is CC(=O)OC[C@H]1OC=C[C@@H](n2cc(-c3cc(F)c(F)c(F)c3)nn2)[C@H]1OC(C)=O. The molecule has 1 aliphatic rings. The monoisotopic (exact) mass is 411 g/mol. The zero-order chi connectivity index (χ0) is 21.1. The minimum atomic E-state index is -1.59. The van der Waals surface area contributed by atoms with Crippen LogP contribution in [0.1, 0.15) is 19.9 Å². The molecule has 0 saturated heterocycles. The van der Waals surface area contributed by atoms with Crippen LogP contribution in [-0.4, -0.2) is 45.7 Å². The van der Waals surface area contributed by atoms with Gasteiger partial charge in [-0.1, -0.05) is 5.21 Å². The van der Waals surface area contributed by atoms with Gasteiger partial charge in [-0.3, -0.25) is 9.59 Å². The van der Waals surface area contributed by atoms with E-state index in [0.29, 0.717) is 0 Å². The number of halogens is 3. The molecule has 29 heavy (non-hydrogen) atoms. The minimum Gasteiger partial charge on any atom is -0.491 e. The van der Waals surface area contributed by atoms with Gasteiger partial charge in [-0.25, -0.2) is 17.9 Å². The van der Waals surface area contributed by atoms with Crippen LogP contribution in [0.15, 0.2) is 30.7 Å². The highest BCUT2D eigenvalue weighted by Gasteiger charge is 2.37. The molecule has 0 radical (unpaired) electrons.